The van der Waals surface area contributed by atoms with Gasteiger partial charge in [-0.1, -0.05) is 17.7 Å². The zero-order valence-corrected chi connectivity index (χ0v) is 13.1. The van der Waals surface area contributed by atoms with Crippen LogP contribution in [0, 0.1) is 20.8 Å². The van der Waals surface area contributed by atoms with Crippen LogP contribution >= 0.6 is 11.6 Å². The van der Waals surface area contributed by atoms with Crippen LogP contribution < -0.4 is 4.72 Å². The van der Waals surface area contributed by atoms with Gasteiger partial charge in [0.2, 0.25) is 0 Å². The van der Waals surface area contributed by atoms with E-state index in [-0.39, 0.29) is 4.90 Å². The predicted molar refractivity (Wildman–Crippen MR) is 82.9 cm³/mol. The van der Waals surface area contributed by atoms with E-state index in [0.717, 1.165) is 11.1 Å². The van der Waals surface area contributed by atoms with Crippen LogP contribution in [-0.4, -0.2) is 8.42 Å². The molecule has 0 saturated carbocycles. The third-order valence-electron chi connectivity index (χ3n) is 3.19. The van der Waals surface area contributed by atoms with E-state index in [1.165, 1.54) is 6.07 Å². The van der Waals surface area contributed by atoms with Crippen LogP contribution in [0.1, 0.15) is 16.7 Å². The monoisotopic (exact) mass is 309 g/mol. The summed E-state index contributed by atoms with van der Waals surface area (Å²) in [7, 11) is -3.60. The second kappa shape index (κ2) is 5.46. The molecule has 106 valence electrons. The molecule has 0 unspecified atom stereocenters. The van der Waals surface area contributed by atoms with E-state index in [2.05, 4.69) is 4.72 Å². The van der Waals surface area contributed by atoms with E-state index < -0.39 is 10.0 Å². The summed E-state index contributed by atoms with van der Waals surface area (Å²) in [5.74, 6) is 0. The molecule has 3 nitrogen and oxygen atoms in total. The van der Waals surface area contributed by atoms with Crippen molar-refractivity contribution in [3.8, 4) is 0 Å². The molecule has 1 N–H and O–H groups in total. The van der Waals surface area contributed by atoms with Crippen molar-refractivity contribution in [2.45, 2.75) is 25.7 Å². The molecule has 5 heteroatoms. The Balaban J connectivity index is 2.38. The maximum absolute atomic E-state index is 12.4. The summed E-state index contributed by atoms with van der Waals surface area (Å²) in [6, 6.07) is 10.2. The van der Waals surface area contributed by atoms with Crippen LogP contribution in [0.3, 0.4) is 0 Å². The lowest BCUT2D eigenvalue weighted by Crippen LogP contribution is -2.14. The first-order chi connectivity index (χ1) is 9.29. The second-order valence-electron chi connectivity index (χ2n) is 4.81. The zero-order chi connectivity index (χ0) is 14.9. The first-order valence-electron chi connectivity index (χ1n) is 6.16. The summed E-state index contributed by atoms with van der Waals surface area (Å²) >= 11 is 5.85. The maximum Gasteiger partial charge on any atom is 0.262 e. The minimum absolute atomic E-state index is 0.236. The maximum atomic E-state index is 12.4. The highest BCUT2D eigenvalue weighted by Crippen LogP contribution is 2.23. The summed E-state index contributed by atoms with van der Waals surface area (Å²) in [5.41, 5.74) is 3.34. The number of hydrogen-bond donors (Lipinski definition) is 1. The summed E-state index contributed by atoms with van der Waals surface area (Å²) in [6.07, 6.45) is 0. The van der Waals surface area contributed by atoms with Gasteiger partial charge in [-0.2, -0.15) is 0 Å². The van der Waals surface area contributed by atoms with Crippen molar-refractivity contribution < 1.29 is 8.42 Å². The highest BCUT2D eigenvalue weighted by molar-refractivity contribution is 7.92. The Hall–Kier alpha value is -1.52. The second-order valence-corrected chi connectivity index (χ2v) is 6.90. The highest BCUT2D eigenvalue weighted by Gasteiger charge is 2.17. The number of anilines is 1. The molecule has 2 aromatic rings. The van der Waals surface area contributed by atoms with Crippen LogP contribution in [0.5, 0.6) is 0 Å². The molecule has 0 aliphatic heterocycles. The minimum atomic E-state index is -3.60. The van der Waals surface area contributed by atoms with E-state index in [1.807, 2.05) is 26.0 Å². The molecular formula is C15H16ClNO2S. The first-order valence-corrected chi connectivity index (χ1v) is 8.02. The van der Waals surface area contributed by atoms with Crippen LogP contribution in [0.4, 0.5) is 5.69 Å². The van der Waals surface area contributed by atoms with Gasteiger partial charge in [-0.15, -0.1) is 0 Å². The molecule has 0 radical (unpaired) electrons. The Kier molecular flexibility index (Phi) is 4.06. The fourth-order valence-corrected chi connectivity index (χ4v) is 3.43. The van der Waals surface area contributed by atoms with Crippen molar-refractivity contribution >= 4 is 27.3 Å². The Morgan fingerprint density at radius 1 is 0.900 bits per heavy atom. The van der Waals surface area contributed by atoms with Gasteiger partial charge in [-0.05, 0) is 67.8 Å². The number of sulfonamides is 1. The van der Waals surface area contributed by atoms with Crippen molar-refractivity contribution in [3.05, 3.63) is 58.1 Å². The molecule has 0 spiro atoms. The SMILES string of the molecule is Cc1ccc(NS(=O)(=O)c2ccc(Cl)cc2C)cc1C. The number of halogens is 1. The Morgan fingerprint density at radius 3 is 2.20 bits per heavy atom. The predicted octanol–water partition coefficient (Wildman–Crippen LogP) is 4.07. The Bertz CT molecular complexity index is 754. The summed E-state index contributed by atoms with van der Waals surface area (Å²) < 4.78 is 27.3. The van der Waals surface area contributed by atoms with Gasteiger partial charge >= 0.3 is 0 Å². The van der Waals surface area contributed by atoms with Gasteiger partial charge < -0.3 is 0 Å². The smallest absolute Gasteiger partial charge is 0.262 e. The third kappa shape index (κ3) is 3.14. The average Bonchev–Trinajstić information content (AvgIpc) is 2.33. The Morgan fingerprint density at radius 2 is 1.60 bits per heavy atom. The molecule has 0 aliphatic carbocycles. The van der Waals surface area contributed by atoms with Gasteiger partial charge in [0.15, 0.2) is 0 Å². The molecule has 0 aliphatic rings. The molecule has 0 atom stereocenters. The normalized spacial score (nSPS) is 11.4. The van der Waals surface area contributed by atoms with Crippen molar-refractivity contribution in [1.82, 2.24) is 0 Å². The largest absolute Gasteiger partial charge is 0.280 e. The number of benzene rings is 2. The minimum Gasteiger partial charge on any atom is -0.280 e. The van der Waals surface area contributed by atoms with E-state index >= 15 is 0 Å². The van der Waals surface area contributed by atoms with Gasteiger partial charge in [0, 0.05) is 10.7 Å². The lowest BCUT2D eigenvalue weighted by Gasteiger charge is -2.11. The van der Waals surface area contributed by atoms with Gasteiger partial charge in [0.05, 0.1) is 4.90 Å². The zero-order valence-electron chi connectivity index (χ0n) is 11.6. The lowest BCUT2D eigenvalue weighted by atomic mass is 10.1. The van der Waals surface area contributed by atoms with Crippen molar-refractivity contribution in [2.75, 3.05) is 4.72 Å². The quantitative estimate of drug-likeness (QED) is 0.929. The van der Waals surface area contributed by atoms with Crippen LogP contribution in [0.25, 0.3) is 0 Å². The molecule has 0 heterocycles. The number of aryl methyl sites for hydroxylation is 3. The topological polar surface area (TPSA) is 46.2 Å². The van der Waals surface area contributed by atoms with Crippen molar-refractivity contribution in [1.29, 1.82) is 0 Å². The summed E-state index contributed by atoms with van der Waals surface area (Å²) in [6.45, 7) is 5.65. The molecule has 0 saturated heterocycles. The van der Waals surface area contributed by atoms with Gasteiger partial charge in [0.1, 0.15) is 0 Å². The molecule has 2 aromatic carbocycles. The van der Waals surface area contributed by atoms with Gasteiger partial charge in [-0.3, -0.25) is 4.72 Å². The van der Waals surface area contributed by atoms with E-state index in [4.69, 9.17) is 11.6 Å². The molecule has 0 bridgehead atoms. The number of nitrogens with one attached hydrogen (secondary N) is 1. The molecular weight excluding hydrogens is 294 g/mol. The molecule has 0 amide bonds. The van der Waals surface area contributed by atoms with Gasteiger partial charge in [0.25, 0.3) is 10.0 Å². The third-order valence-corrected chi connectivity index (χ3v) is 4.96. The highest BCUT2D eigenvalue weighted by atomic mass is 35.5. The van der Waals surface area contributed by atoms with Crippen molar-refractivity contribution in [3.63, 3.8) is 0 Å². The molecule has 0 aromatic heterocycles. The fraction of sp³-hybridized carbons (Fsp3) is 0.200. The summed E-state index contributed by atoms with van der Waals surface area (Å²) in [5, 5.41) is 0.521. The summed E-state index contributed by atoms with van der Waals surface area (Å²) in [4.78, 5) is 0.236. The first kappa shape index (κ1) is 14.9. The van der Waals surface area contributed by atoms with E-state index in [9.17, 15) is 8.42 Å². The molecule has 2 rings (SSSR count). The average molecular weight is 310 g/mol. The number of rotatable bonds is 3. The van der Waals surface area contributed by atoms with Gasteiger partial charge in [-0.25, -0.2) is 8.42 Å². The van der Waals surface area contributed by atoms with Crippen LogP contribution in [0.2, 0.25) is 5.02 Å². The lowest BCUT2D eigenvalue weighted by molar-refractivity contribution is 0.600. The van der Waals surface area contributed by atoms with E-state index in [0.29, 0.717) is 16.3 Å². The van der Waals surface area contributed by atoms with Crippen LogP contribution in [-0.2, 0) is 10.0 Å². The molecule has 0 fully saturated rings. The van der Waals surface area contributed by atoms with Crippen LogP contribution in [0.15, 0.2) is 41.3 Å². The fourth-order valence-electron chi connectivity index (χ4n) is 1.93. The number of hydrogen-bond acceptors (Lipinski definition) is 2. The standard InChI is InChI=1S/C15H16ClNO2S/c1-10-4-6-14(9-11(10)2)17-20(18,19)15-7-5-13(16)8-12(15)3/h4-9,17H,1-3H3. The molecule has 20 heavy (non-hydrogen) atoms. The Labute approximate surface area is 124 Å². The van der Waals surface area contributed by atoms with Crippen molar-refractivity contribution in [2.24, 2.45) is 0 Å². The van der Waals surface area contributed by atoms with E-state index in [1.54, 1.807) is 25.1 Å².